The molecule has 6 unspecified atom stereocenters. The third-order valence-corrected chi connectivity index (χ3v) is 13.3. The van der Waals surface area contributed by atoms with Crippen molar-refractivity contribution in [2.75, 3.05) is 26.2 Å². The zero-order valence-corrected chi connectivity index (χ0v) is 26.2. The Morgan fingerprint density at radius 1 is 0.854 bits per heavy atom. The number of carbonyl (C=O) groups is 2. The van der Waals surface area contributed by atoms with E-state index in [2.05, 4.69) is 35.9 Å². The highest BCUT2D eigenvalue weighted by atomic mass is 16.7. The molecule has 41 heavy (non-hydrogen) atoms. The van der Waals surface area contributed by atoms with E-state index in [-0.39, 0.29) is 29.5 Å². The Kier molecular flexibility index (Phi) is 8.04. The van der Waals surface area contributed by atoms with Crippen molar-refractivity contribution in [2.24, 2.45) is 40.4 Å². The first-order valence-corrected chi connectivity index (χ1v) is 16.8. The molecule has 6 rings (SSSR count). The fraction of sp³-hybridized carbons (Fsp3) is 0.939. The van der Waals surface area contributed by atoms with Gasteiger partial charge in [0, 0.05) is 45.3 Å². The molecule has 8 nitrogen and oxygen atoms in total. The standard InChI is InChI=1S/C33H55N3O5/c1-21-25-12-11-24-26-10-9-14-31(26,4)15-13-27(24)32(25,5)28(20-33(21,40-22(2)37)41-23(3)38)36-19-16-34-29(39)30(36)35-17-7-6-8-18-35/h21,24-30,34,39H,6-20H2,1-5H3/t21?,24?,25?,26?,27?,28?,29-,30+,31-,32-/m0/s1. The van der Waals surface area contributed by atoms with Crippen LogP contribution in [0.1, 0.15) is 105 Å². The van der Waals surface area contributed by atoms with E-state index < -0.39 is 24.0 Å². The second kappa shape index (κ2) is 11.0. The summed E-state index contributed by atoms with van der Waals surface area (Å²) >= 11 is 0. The van der Waals surface area contributed by atoms with E-state index in [9.17, 15) is 14.7 Å². The summed E-state index contributed by atoms with van der Waals surface area (Å²) < 4.78 is 12.3. The predicted octanol–water partition coefficient (Wildman–Crippen LogP) is 4.50. The molecule has 2 N–H and O–H groups in total. The van der Waals surface area contributed by atoms with Crippen LogP contribution in [0, 0.1) is 40.4 Å². The number of hydrogen-bond acceptors (Lipinski definition) is 8. The molecule has 0 aromatic carbocycles. The Balaban J connectivity index is 1.45. The van der Waals surface area contributed by atoms with Gasteiger partial charge in [-0.3, -0.25) is 24.7 Å². The molecule has 2 aliphatic heterocycles. The highest BCUT2D eigenvalue weighted by Gasteiger charge is 2.68. The van der Waals surface area contributed by atoms with Crippen molar-refractivity contribution in [3.05, 3.63) is 0 Å². The number of fused-ring (bicyclic) bond motifs is 5. The number of nitrogens with zero attached hydrogens (tertiary/aromatic N) is 2. The SMILES string of the molecule is CC(=O)OC1(OC(C)=O)CC(N2CCN[C@@H](O)[C@@H]2N2CCCCC2)[C@]2(C)C3CC[C@]4(C)CCCC4C3CCC2C1C. The van der Waals surface area contributed by atoms with Crippen molar-refractivity contribution in [2.45, 2.75) is 129 Å². The monoisotopic (exact) mass is 573 g/mol. The summed E-state index contributed by atoms with van der Waals surface area (Å²) in [6.07, 6.45) is 12.1. The molecule has 0 spiro atoms. The molecule has 0 amide bonds. The molecule has 4 aliphatic carbocycles. The number of ether oxygens (including phenoxy) is 2. The molecule has 6 aliphatic rings. The number of aliphatic hydroxyl groups is 1. The molecule has 0 aromatic heterocycles. The predicted molar refractivity (Wildman–Crippen MR) is 156 cm³/mol. The number of likely N-dealkylation sites (tertiary alicyclic amines) is 1. The maximum absolute atomic E-state index is 12.6. The van der Waals surface area contributed by atoms with Crippen LogP contribution in [0.2, 0.25) is 0 Å². The fourth-order valence-corrected chi connectivity index (χ4v) is 11.6. The Morgan fingerprint density at radius 2 is 1.56 bits per heavy atom. The third kappa shape index (κ3) is 4.87. The quantitative estimate of drug-likeness (QED) is 0.375. The highest BCUT2D eigenvalue weighted by Crippen LogP contribution is 2.69. The molecular formula is C33H55N3O5. The third-order valence-electron chi connectivity index (χ3n) is 13.3. The van der Waals surface area contributed by atoms with Gasteiger partial charge in [0.05, 0.1) is 0 Å². The summed E-state index contributed by atoms with van der Waals surface area (Å²) in [7, 11) is 0. The fourth-order valence-electron chi connectivity index (χ4n) is 11.6. The second-order valence-electron chi connectivity index (χ2n) is 15.2. The van der Waals surface area contributed by atoms with Crippen LogP contribution in [-0.2, 0) is 19.1 Å². The number of aliphatic hydroxyl groups excluding tert-OH is 1. The molecule has 232 valence electrons. The van der Waals surface area contributed by atoms with E-state index >= 15 is 0 Å². The van der Waals surface area contributed by atoms with Gasteiger partial charge in [0.2, 0.25) is 0 Å². The normalized spacial score (nSPS) is 46.6. The number of esters is 2. The van der Waals surface area contributed by atoms with Gasteiger partial charge in [0.15, 0.2) is 0 Å². The van der Waals surface area contributed by atoms with Crippen LogP contribution in [0.15, 0.2) is 0 Å². The minimum absolute atomic E-state index is 0.0182. The van der Waals surface area contributed by atoms with E-state index in [4.69, 9.17) is 9.47 Å². The van der Waals surface area contributed by atoms with Gasteiger partial charge < -0.3 is 14.6 Å². The summed E-state index contributed by atoms with van der Waals surface area (Å²) in [5.74, 6) is 0.127. The molecule has 0 bridgehead atoms. The van der Waals surface area contributed by atoms with Gasteiger partial charge in [-0.1, -0.05) is 33.6 Å². The van der Waals surface area contributed by atoms with Gasteiger partial charge in [0.25, 0.3) is 5.79 Å². The molecule has 10 atom stereocenters. The van der Waals surface area contributed by atoms with E-state index in [1.165, 1.54) is 58.8 Å². The Bertz CT molecular complexity index is 985. The van der Waals surface area contributed by atoms with Gasteiger partial charge in [-0.2, -0.15) is 0 Å². The first-order chi connectivity index (χ1) is 19.5. The summed E-state index contributed by atoms with van der Waals surface area (Å²) in [6.45, 7) is 13.6. The zero-order chi connectivity index (χ0) is 29.2. The maximum Gasteiger partial charge on any atom is 0.305 e. The van der Waals surface area contributed by atoms with Gasteiger partial charge in [0.1, 0.15) is 12.4 Å². The lowest BCUT2D eigenvalue weighted by molar-refractivity contribution is -0.307. The van der Waals surface area contributed by atoms with Gasteiger partial charge >= 0.3 is 11.9 Å². The average molecular weight is 574 g/mol. The molecule has 2 heterocycles. The van der Waals surface area contributed by atoms with Crippen LogP contribution >= 0.6 is 0 Å². The van der Waals surface area contributed by atoms with Gasteiger partial charge in [-0.15, -0.1) is 0 Å². The van der Waals surface area contributed by atoms with Gasteiger partial charge in [-0.05, 0) is 99.0 Å². The van der Waals surface area contributed by atoms with Gasteiger partial charge in [-0.25, -0.2) is 0 Å². The lowest BCUT2D eigenvalue weighted by Crippen LogP contribution is -2.75. The molecule has 6 fully saturated rings. The van der Waals surface area contributed by atoms with E-state index in [1.807, 2.05) is 0 Å². The van der Waals surface area contributed by atoms with Crippen LogP contribution in [-0.4, -0.2) is 77.2 Å². The van der Waals surface area contributed by atoms with Crippen molar-refractivity contribution in [3.8, 4) is 0 Å². The first-order valence-electron chi connectivity index (χ1n) is 16.8. The maximum atomic E-state index is 12.6. The van der Waals surface area contributed by atoms with Crippen LogP contribution < -0.4 is 5.32 Å². The van der Waals surface area contributed by atoms with Crippen molar-refractivity contribution >= 4 is 11.9 Å². The van der Waals surface area contributed by atoms with Crippen molar-refractivity contribution in [1.82, 2.24) is 15.1 Å². The molecule has 4 saturated carbocycles. The Labute approximate surface area is 247 Å². The topological polar surface area (TPSA) is 91.3 Å². The van der Waals surface area contributed by atoms with E-state index in [0.29, 0.717) is 30.2 Å². The Hall–Kier alpha value is -1.22. The van der Waals surface area contributed by atoms with Crippen molar-refractivity contribution in [1.29, 1.82) is 0 Å². The Morgan fingerprint density at radius 3 is 2.24 bits per heavy atom. The summed E-state index contributed by atoms with van der Waals surface area (Å²) in [4.78, 5) is 30.3. The van der Waals surface area contributed by atoms with Crippen molar-refractivity contribution in [3.63, 3.8) is 0 Å². The smallest absolute Gasteiger partial charge is 0.305 e. The van der Waals surface area contributed by atoms with Crippen LogP contribution in [0.4, 0.5) is 0 Å². The number of rotatable bonds is 4. The van der Waals surface area contributed by atoms with Crippen molar-refractivity contribution < 1.29 is 24.2 Å². The average Bonchev–Trinajstić information content (AvgIpc) is 3.32. The van der Waals surface area contributed by atoms with Crippen LogP contribution in [0.5, 0.6) is 0 Å². The molecule has 8 heteroatoms. The number of carbonyl (C=O) groups excluding carboxylic acids is 2. The molecule has 0 radical (unpaired) electrons. The van der Waals surface area contributed by atoms with Crippen LogP contribution in [0.25, 0.3) is 0 Å². The molecular weight excluding hydrogens is 518 g/mol. The molecule has 0 aromatic rings. The minimum atomic E-state index is -1.29. The summed E-state index contributed by atoms with van der Waals surface area (Å²) in [5, 5.41) is 14.9. The number of piperidine rings is 1. The lowest BCUT2D eigenvalue weighted by atomic mass is 9.42. The lowest BCUT2D eigenvalue weighted by Gasteiger charge is -2.68. The largest absolute Gasteiger partial charge is 0.422 e. The zero-order valence-electron chi connectivity index (χ0n) is 26.2. The summed E-state index contributed by atoms with van der Waals surface area (Å²) in [6, 6.07) is 0.0182. The van der Waals surface area contributed by atoms with Crippen LogP contribution in [0.3, 0.4) is 0 Å². The number of piperazine rings is 1. The number of hydrogen-bond donors (Lipinski definition) is 2. The highest BCUT2D eigenvalue weighted by molar-refractivity contribution is 5.69. The molecule has 2 saturated heterocycles. The first kappa shape index (κ1) is 29.8. The summed E-state index contributed by atoms with van der Waals surface area (Å²) in [5.41, 5.74) is 0.433. The van der Waals surface area contributed by atoms with E-state index in [1.54, 1.807) is 0 Å². The number of nitrogens with one attached hydrogen (secondary N) is 1. The second-order valence-corrected chi connectivity index (χ2v) is 15.2. The van der Waals surface area contributed by atoms with E-state index in [0.717, 1.165) is 44.8 Å². The minimum Gasteiger partial charge on any atom is -0.422 e.